The molecule has 0 saturated heterocycles. The number of halogens is 2. The molecule has 0 radical (unpaired) electrons. The van der Waals surface area contributed by atoms with Gasteiger partial charge in [0.25, 0.3) is 5.91 Å². The Balaban J connectivity index is 2.74. The van der Waals surface area contributed by atoms with Gasteiger partial charge >= 0.3 is 0 Å². The van der Waals surface area contributed by atoms with Crippen LogP contribution in [0.25, 0.3) is 0 Å². The van der Waals surface area contributed by atoms with Gasteiger partial charge in [-0.3, -0.25) is 4.79 Å². The van der Waals surface area contributed by atoms with Crippen molar-refractivity contribution in [3.8, 4) is 0 Å². The molecule has 4 heteroatoms. The van der Waals surface area contributed by atoms with Crippen LogP contribution in [0.15, 0.2) is 18.2 Å². The van der Waals surface area contributed by atoms with Crippen molar-refractivity contribution < 1.29 is 4.79 Å². The predicted molar refractivity (Wildman–Crippen MR) is 80.7 cm³/mol. The number of benzene rings is 1. The van der Waals surface area contributed by atoms with Gasteiger partial charge in [-0.15, -0.1) is 11.6 Å². The molecule has 2 nitrogen and oxygen atoms in total. The Kier molecular flexibility index (Phi) is 5.25. The van der Waals surface area contributed by atoms with Crippen LogP contribution < -0.4 is 5.32 Å². The summed E-state index contributed by atoms with van der Waals surface area (Å²) in [5, 5.41) is 2.93. The smallest absolute Gasteiger partial charge is 0.252 e. The molecule has 0 spiro atoms. The number of rotatable bonds is 4. The summed E-state index contributed by atoms with van der Waals surface area (Å²) >= 11 is 8.03. The van der Waals surface area contributed by atoms with E-state index in [2.05, 4.69) is 27.9 Å². The molecule has 0 atom stereocenters. The van der Waals surface area contributed by atoms with E-state index in [1.165, 1.54) is 0 Å². The predicted octanol–water partition coefficient (Wildman–Crippen LogP) is 3.59. The van der Waals surface area contributed by atoms with E-state index in [0.717, 1.165) is 14.7 Å². The number of carbonyl (C=O) groups excluding carboxylic acids is 1. The summed E-state index contributed by atoms with van der Waals surface area (Å²) in [6.45, 7) is 6.64. The Morgan fingerprint density at radius 3 is 2.71 bits per heavy atom. The van der Waals surface area contributed by atoms with E-state index in [-0.39, 0.29) is 11.3 Å². The summed E-state index contributed by atoms with van der Waals surface area (Å²) in [6, 6.07) is 5.75. The van der Waals surface area contributed by atoms with Crippen LogP contribution in [0.5, 0.6) is 0 Å². The zero-order valence-corrected chi connectivity index (χ0v) is 13.2. The van der Waals surface area contributed by atoms with Crippen molar-refractivity contribution in [1.82, 2.24) is 5.32 Å². The van der Waals surface area contributed by atoms with Gasteiger partial charge in [0.2, 0.25) is 0 Å². The first-order chi connectivity index (χ1) is 7.87. The third-order valence-electron chi connectivity index (χ3n) is 2.53. The van der Waals surface area contributed by atoms with Crippen LogP contribution in [0, 0.1) is 15.9 Å². The van der Waals surface area contributed by atoms with Crippen molar-refractivity contribution >= 4 is 40.1 Å². The van der Waals surface area contributed by atoms with Crippen molar-refractivity contribution in [2.45, 2.75) is 20.8 Å². The normalized spacial score (nSPS) is 11.4. The molecule has 94 valence electrons. The number of carbonyl (C=O) groups is 1. The molecule has 1 aromatic rings. The lowest BCUT2D eigenvalue weighted by molar-refractivity contribution is 0.0939. The van der Waals surface area contributed by atoms with E-state index >= 15 is 0 Å². The summed E-state index contributed by atoms with van der Waals surface area (Å²) in [5.41, 5.74) is 1.78. The Bertz CT molecular complexity index is 418. The lowest BCUT2D eigenvalue weighted by Crippen LogP contribution is -2.35. The number of amides is 1. The molecule has 0 saturated carbocycles. The largest absolute Gasteiger partial charge is 0.351 e. The fraction of sp³-hybridized carbons (Fsp3) is 0.462. The topological polar surface area (TPSA) is 29.1 Å². The molecule has 0 aliphatic heterocycles. The molecule has 0 aromatic heterocycles. The highest BCUT2D eigenvalue weighted by Gasteiger charge is 2.19. The van der Waals surface area contributed by atoms with E-state index in [9.17, 15) is 4.79 Å². The van der Waals surface area contributed by atoms with Crippen LogP contribution in [0.1, 0.15) is 29.8 Å². The van der Waals surface area contributed by atoms with Gasteiger partial charge in [0.1, 0.15) is 0 Å². The average Bonchev–Trinajstić information content (AvgIpc) is 2.30. The Morgan fingerprint density at radius 2 is 2.12 bits per heavy atom. The maximum absolute atomic E-state index is 12.0. The van der Waals surface area contributed by atoms with E-state index in [1.807, 2.05) is 39.0 Å². The highest BCUT2D eigenvalue weighted by Crippen LogP contribution is 2.18. The molecule has 0 aliphatic carbocycles. The standard InChI is InChI=1S/C13H17ClINO/c1-9-5-4-6-10(11(9)15)12(17)16-8-13(2,3)7-14/h4-6H,7-8H2,1-3H3,(H,16,17). The highest BCUT2D eigenvalue weighted by molar-refractivity contribution is 14.1. The van der Waals surface area contributed by atoms with Gasteiger partial charge in [-0.25, -0.2) is 0 Å². The van der Waals surface area contributed by atoms with Crippen molar-refractivity contribution in [2.75, 3.05) is 12.4 Å². The molecule has 1 N–H and O–H groups in total. The summed E-state index contributed by atoms with van der Waals surface area (Å²) < 4.78 is 1.01. The molecule has 1 aromatic carbocycles. The number of alkyl halides is 1. The van der Waals surface area contributed by atoms with Crippen LogP contribution in [-0.2, 0) is 0 Å². The number of hydrogen-bond donors (Lipinski definition) is 1. The van der Waals surface area contributed by atoms with E-state index in [4.69, 9.17) is 11.6 Å². The van der Waals surface area contributed by atoms with Gasteiger partial charge in [0.05, 0.1) is 5.56 Å². The van der Waals surface area contributed by atoms with Gasteiger partial charge in [-0.2, -0.15) is 0 Å². The Morgan fingerprint density at radius 1 is 1.47 bits per heavy atom. The lowest BCUT2D eigenvalue weighted by atomic mass is 9.96. The third kappa shape index (κ3) is 4.14. The summed E-state index contributed by atoms with van der Waals surface area (Å²) in [5.74, 6) is 0.495. The monoisotopic (exact) mass is 365 g/mol. The van der Waals surface area contributed by atoms with Crippen LogP contribution in [0.3, 0.4) is 0 Å². The Hall–Kier alpha value is -0.290. The molecule has 0 heterocycles. The molecular weight excluding hydrogens is 349 g/mol. The van der Waals surface area contributed by atoms with E-state index in [1.54, 1.807) is 0 Å². The minimum Gasteiger partial charge on any atom is -0.351 e. The summed E-state index contributed by atoms with van der Waals surface area (Å²) in [6.07, 6.45) is 0. The zero-order valence-electron chi connectivity index (χ0n) is 10.3. The summed E-state index contributed by atoms with van der Waals surface area (Å²) in [4.78, 5) is 12.0. The first-order valence-electron chi connectivity index (χ1n) is 5.47. The molecule has 1 rings (SSSR count). The van der Waals surface area contributed by atoms with Gasteiger partial charge in [0.15, 0.2) is 0 Å². The number of hydrogen-bond acceptors (Lipinski definition) is 1. The Labute approximate surface area is 121 Å². The number of nitrogens with one attached hydrogen (secondary N) is 1. The fourth-order valence-corrected chi connectivity index (χ4v) is 1.98. The first-order valence-corrected chi connectivity index (χ1v) is 7.08. The summed E-state index contributed by atoms with van der Waals surface area (Å²) in [7, 11) is 0. The minimum absolute atomic E-state index is 0.0312. The highest BCUT2D eigenvalue weighted by atomic mass is 127. The van der Waals surface area contributed by atoms with Crippen molar-refractivity contribution in [3.05, 3.63) is 32.9 Å². The van der Waals surface area contributed by atoms with Crippen LogP contribution in [0.4, 0.5) is 0 Å². The quantitative estimate of drug-likeness (QED) is 0.641. The van der Waals surface area contributed by atoms with Crippen LogP contribution in [-0.4, -0.2) is 18.3 Å². The van der Waals surface area contributed by atoms with Gasteiger partial charge in [-0.05, 0) is 46.6 Å². The second-order valence-corrected chi connectivity index (χ2v) is 6.26. The second kappa shape index (κ2) is 6.05. The first kappa shape index (κ1) is 14.8. The van der Waals surface area contributed by atoms with Crippen molar-refractivity contribution in [2.24, 2.45) is 5.41 Å². The minimum atomic E-state index is -0.0769. The van der Waals surface area contributed by atoms with E-state index in [0.29, 0.717) is 12.4 Å². The average molecular weight is 366 g/mol. The SMILES string of the molecule is Cc1cccc(C(=O)NCC(C)(C)CCl)c1I. The molecule has 0 unspecified atom stereocenters. The molecule has 0 fully saturated rings. The fourth-order valence-electron chi connectivity index (χ4n) is 1.28. The second-order valence-electron chi connectivity index (χ2n) is 4.92. The van der Waals surface area contributed by atoms with E-state index < -0.39 is 0 Å². The molecular formula is C13H17ClINO. The van der Waals surface area contributed by atoms with Crippen LogP contribution in [0.2, 0.25) is 0 Å². The molecule has 1 amide bonds. The molecule has 17 heavy (non-hydrogen) atoms. The molecule has 0 aliphatic rings. The lowest BCUT2D eigenvalue weighted by Gasteiger charge is -2.21. The number of aryl methyl sites for hydroxylation is 1. The van der Waals surface area contributed by atoms with Crippen LogP contribution >= 0.6 is 34.2 Å². The van der Waals surface area contributed by atoms with Gasteiger partial charge in [-0.1, -0.05) is 26.0 Å². The maximum Gasteiger partial charge on any atom is 0.252 e. The van der Waals surface area contributed by atoms with Gasteiger partial charge < -0.3 is 5.32 Å². The maximum atomic E-state index is 12.0. The van der Waals surface area contributed by atoms with Crippen molar-refractivity contribution in [3.63, 3.8) is 0 Å². The third-order valence-corrected chi connectivity index (χ3v) is 4.68. The van der Waals surface area contributed by atoms with Gasteiger partial charge in [0, 0.05) is 16.0 Å². The molecule has 0 bridgehead atoms. The zero-order chi connectivity index (χ0) is 13.1. The van der Waals surface area contributed by atoms with Crippen molar-refractivity contribution in [1.29, 1.82) is 0 Å².